The zero-order valence-electron chi connectivity index (χ0n) is 5.52. The Balaban J connectivity index is 2.10. The maximum Gasteiger partial charge on any atom is 0.0209 e. The molecule has 0 aromatic heterocycles. The highest BCUT2D eigenvalue weighted by Crippen LogP contribution is 2.37. The Kier molecular flexibility index (Phi) is 1.54. The summed E-state index contributed by atoms with van der Waals surface area (Å²) in [6, 6.07) is 1.76. The summed E-state index contributed by atoms with van der Waals surface area (Å²) in [5.74, 6) is 0. The van der Waals surface area contributed by atoms with Crippen LogP contribution in [0.4, 0.5) is 0 Å². The van der Waals surface area contributed by atoms with Crippen LogP contribution in [-0.2, 0) is 0 Å². The van der Waals surface area contributed by atoms with Crippen molar-refractivity contribution in [1.82, 2.24) is 3.93 Å². The molecule has 2 heterocycles. The molecule has 0 aliphatic carbocycles. The van der Waals surface area contributed by atoms with Crippen molar-refractivity contribution in [1.29, 1.82) is 0 Å². The summed E-state index contributed by atoms with van der Waals surface area (Å²) in [6.45, 7) is 0. The predicted molar refractivity (Wildman–Crippen MR) is 41.4 cm³/mol. The van der Waals surface area contributed by atoms with E-state index >= 15 is 0 Å². The fourth-order valence-electron chi connectivity index (χ4n) is 2.05. The quantitative estimate of drug-likeness (QED) is 0.530. The van der Waals surface area contributed by atoms with Gasteiger partial charge in [0.2, 0.25) is 0 Å². The lowest BCUT2D eigenvalue weighted by Gasteiger charge is -2.28. The summed E-state index contributed by atoms with van der Waals surface area (Å²) >= 11 is 3.61. The highest BCUT2D eigenvalue weighted by atomic mass is 79.9. The number of hydrogen-bond acceptors (Lipinski definition) is 1. The maximum absolute atomic E-state index is 3.61. The predicted octanol–water partition coefficient (Wildman–Crippen LogP) is 2.31. The van der Waals surface area contributed by atoms with E-state index in [0.29, 0.717) is 0 Å². The van der Waals surface area contributed by atoms with Gasteiger partial charge in [-0.2, -0.15) is 0 Å². The molecule has 2 saturated heterocycles. The standard InChI is InChI=1S/C7H12BrN/c8-9-6-2-1-3-7(9)5-4-6/h6-7H,1-5H2. The van der Waals surface area contributed by atoms with Gasteiger partial charge in [-0.05, 0) is 25.7 Å². The van der Waals surface area contributed by atoms with Crippen molar-refractivity contribution in [3.05, 3.63) is 0 Å². The van der Waals surface area contributed by atoms with E-state index in [1.807, 2.05) is 0 Å². The molecule has 52 valence electrons. The van der Waals surface area contributed by atoms with Gasteiger partial charge in [0.1, 0.15) is 0 Å². The van der Waals surface area contributed by atoms with Crippen LogP contribution in [0.3, 0.4) is 0 Å². The van der Waals surface area contributed by atoms with Gasteiger partial charge in [0.15, 0.2) is 0 Å². The van der Waals surface area contributed by atoms with E-state index in [1.54, 1.807) is 0 Å². The molecule has 2 heteroatoms. The third-order valence-corrected chi connectivity index (χ3v) is 3.76. The average molecular weight is 190 g/mol. The smallest absolute Gasteiger partial charge is 0.0209 e. The molecule has 0 aromatic rings. The first-order chi connectivity index (χ1) is 4.38. The van der Waals surface area contributed by atoms with Gasteiger partial charge in [0, 0.05) is 28.2 Å². The molecule has 2 aliphatic heterocycles. The minimum atomic E-state index is 0.878. The number of fused-ring (bicyclic) bond motifs is 2. The van der Waals surface area contributed by atoms with E-state index in [2.05, 4.69) is 20.1 Å². The van der Waals surface area contributed by atoms with E-state index < -0.39 is 0 Å². The minimum Gasteiger partial charge on any atom is -0.236 e. The molecule has 2 rings (SSSR count). The molecule has 0 saturated carbocycles. The lowest BCUT2D eigenvalue weighted by Crippen LogP contribution is -2.30. The van der Waals surface area contributed by atoms with Gasteiger partial charge >= 0.3 is 0 Å². The number of halogens is 1. The van der Waals surface area contributed by atoms with E-state index in [9.17, 15) is 0 Å². The van der Waals surface area contributed by atoms with Gasteiger partial charge in [0.25, 0.3) is 0 Å². The van der Waals surface area contributed by atoms with Crippen LogP contribution in [0, 0.1) is 0 Å². The van der Waals surface area contributed by atoms with Crippen LogP contribution in [0.2, 0.25) is 0 Å². The normalized spacial score (nSPS) is 43.7. The molecule has 0 N–H and O–H groups in total. The maximum atomic E-state index is 3.61. The van der Waals surface area contributed by atoms with Crippen LogP contribution in [0.15, 0.2) is 0 Å². The molecule has 2 fully saturated rings. The summed E-state index contributed by atoms with van der Waals surface area (Å²) < 4.78 is 2.40. The number of rotatable bonds is 0. The minimum absolute atomic E-state index is 0.878. The zero-order valence-corrected chi connectivity index (χ0v) is 7.10. The molecule has 2 unspecified atom stereocenters. The van der Waals surface area contributed by atoms with Crippen LogP contribution in [-0.4, -0.2) is 16.0 Å². The first-order valence-electron chi connectivity index (χ1n) is 3.82. The molecular weight excluding hydrogens is 178 g/mol. The van der Waals surface area contributed by atoms with Crippen molar-refractivity contribution >= 4 is 16.1 Å². The molecule has 2 bridgehead atoms. The van der Waals surface area contributed by atoms with Crippen LogP contribution in [0.5, 0.6) is 0 Å². The van der Waals surface area contributed by atoms with Gasteiger partial charge in [-0.1, -0.05) is 6.42 Å². The third-order valence-electron chi connectivity index (χ3n) is 2.61. The monoisotopic (exact) mass is 189 g/mol. The van der Waals surface area contributed by atoms with Crippen molar-refractivity contribution in [2.75, 3.05) is 0 Å². The first-order valence-corrected chi connectivity index (χ1v) is 4.53. The Morgan fingerprint density at radius 2 is 1.56 bits per heavy atom. The van der Waals surface area contributed by atoms with Gasteiger partial charge in [0.05, 0.1) is 0 Å². The lowest BCUT2D eigenvalue weighted by molar-refractivity contribution is 0.281. The Morgan fingerprint density at radius 3 is 2.00 bits per heavy atom. The topological polar surface area (TPSA) is 3.24 Å². The van der Waals surface area contributed by atoms with E-state index in [0.717, 1.165) is 12.1 Å². The average Bonchev–Trinajstić information content (AvgIpc) is 2.19. The summed E-state index contributed by atoms with van der Waals surface area (Å²) in [6.07, 6.45) is 7.15. The van der Waals surface area contributed by atoms with Crippen molar-refractivity contribution in [2.45, 2.75) is 44.2 Å². The van der Waals surface area contributed by atoms with Gasteiger partial charge < -0.3 is 0 Å². The molecule has 9 heavy (non-hydrogen) atoms. The number of piperidine rings is 1. The summed E-state index contributed by atoms with van der Waals surface area (Å²) in [4.78, 5) is 0. The molecule has 0 radical (unpaired) electrons. The second-order valence-electron chi connectivity index (χ2n) is 3.16. The van der Waals surface area contributed by atoms with Crippen molar-refractivity contribution < 1.29 is 0 Å². The highest BCUT2D eigenvalue weighted by Gasteiger charge is 2.34. The molecular formula is C7H12BrN. The second kappa shape index (κ2) is 2.24. The van der Waals surface area contributed by atoms with Crippen molar-refractivity contribution in [3.8, 4) is 0 Å². The summed E-state index contributed by atoms with van der Waals surface area (Å²) in [5, 5.41) is 0. The van der Waals surface area contributed by atoms with Crippen LogP contribution >= 0.6 is 16.1 Å². The van der Waals surface area contributed by atoms with E-state index in [4.69, 9.17) is 0 Å². The van der Waals surface area contributed by atoms with Gasteiger partial charge in [-0.15, -0.1) is 0 Å². The molecule has 2 atom stereocenters. The Morgan fingerprint density at radius 1 is 1.00 bits per heavy atom. The van der Waals surface area contributed by atoms with Crippen LogP contribution in [0.1, 0.15) is 32.1 Å². The summed E-state index contributed by atoms with van der Waals surface area (Å²) in [5.41, 5.74) is 0. The van der Waals surface area contributed by atoms with Crippen LogP contribution < -0.4 is 0 Å². The largest absolute Gasteiger partial charge is 0.236 e. The fraction of sp³-hybridized carbons (Fsp3) is 1.00. The number of nitrogens with zero attached hydrogens (tertiary/aromatic N) is 1. The number of hydrogen-bond donors (Lipinski definition) is 0. The van der Waals surface area contributed by atoms with Gasteiger partial charge in [-0.25, -0.2) is 3.93 Å². The summed E-state index contributed by atoms with van der Waals surface area (Å²) in [7, 11) is 0. The van der Waals surface area contributed by atoms with E-state index in [-0.39, 0.29) is 0 Å². The van der Waals surface area contributed by atoms with E-state index in [1.165, 1.54) is 32.1 Å². The Hall–Kier alpha value is 0.440. The molecule has 0 amide bonds. The van der Waals surface area contributed by atoms with Gasteiger partial charge in [-0.3, -0.25) is 0 Å². The molecule has 0 spiro atoms. The molecule has 2 aliphatic rings. The Labute approximate surface area is 64.8 Å². The second-order valence-corrected chi connectivity index (χ2v) is 3.98. The third kappa shape index (κ3) is 0.926. The lowest BCUT2D eigenvalue weighted by atomic mass is 10.1. The Bertz CT molecular complexity index is 99.5. The zero-order chi connectivity index (χ0) is 6.27. The molecule has 1 nitrogen and oxygen atoms in total. The van der Waals surface area contributed by atoms with Crippen molar-refractivity contribution in [3.63, 3.8) is 0 Å². The molecule has 0 aromatic carbocycles. The first kappa shape index (κ1) is 6.17. The van der Waals surface area contributed by atoms with Crippen molar-refractivity contribution in [2.24, 2.45) is 0 Å². The van der Waals surface area contributed by atoms with Crippen LogP contribution in [0.25, 0.3) is 0 Å². The fourth-order valence-corrected chi connectivity index (χ4v) is 2.87. The highest BCUT2D eigenvalue weighted by molar-refractivity contribution is 9.07. The SMILES string of the molecule is BrN1C2CCCC1CC2.